The first-order chi connectivity index (χ1) is 8.56. The van der Waals surface area contributed by atoms with Crippen LogP contribution in [0.4, 0.5) is 0 Å². The van der Waals surface area contributed by atoms with Gasteiger partial charge in [0.1, 0.15) is 4.88 Å². The molecule has 2 aliphatic heterocycles. The second kappa shape index (κ2) is 4.31. The standard InChI is InChI=1S/C13H17NO3S/c1-6(2)10-11(13(15)16)18-12(14-10)8-5-7-3-4-9(8)17-7/h6-9H,3-5H2,1-2H3,(H,15,16). The number of carboxylic acid groups (broad SMARTS) is 1. The van der Waals surface area contributed by atoms with E-state index in [0.29, 0.717) is 16.9 Å². The molecule has 4 nitrogen and oxygen atoms in total. The number of hydrogen-bond acceptors (Lipinski definition) is 4. The lowest BCUT2D eigenvalue weighted by atomic mass is 9.90. The first-order valence-electron chi connectivity index (χ1n) is 6.45. The summed E-state index contributed by atoms with van der Waals surface area (Å²) < 4.78 is 5.83. The van der Waals surface area contributed by atoms with Crippen molar-refractivity contribution >= 4 is 17.3 Å². The van der Waals surface area contributed by atoms with E-state index in [2.05, 4.69) is 4.98 Å². The zero-order valence-corrected chi connectivity index (χ0v) is 11.4. The van der Waals surface area contributed by atoms with Gasteiger partial charge in [-0.2, -0.15) is 0 Å². The van der Waals surface area contributed by atoms with E-state index in [9.17, 15) is 9.90 Å². The van der Waals surface area contributed by atoms with Crippen molar-refractivity contribution in [2.45, 2.75) is 57.2 Å². The Morgan fingerprint density at radius 1 is 1.50 bits per heavy atom. The summed E-state index contributed by atoms with van der Waals surface area (Å²) in [6, 6.07) is 0. The van der Waals surface area contributed by atoms with Gasteiger partial charge in [0.15, 0.2) is 0 Å². The highest BCUT2D eigenvalue weighted by Crippen LogP contribution is 2.46. The molecule has 3 unspecified atom stereocenters. The highest BCUT2D eigenvalue weighted by Gasteiger charge is 2.43. The molecular formula is C13H17NO3S. The van der Waals surface area contributed by atoms with Crippen molar-refractivity contribution in [2.75, 3.05) is 0 Å². The second-order valence-corrected chi connectivity index (χ2v) is 6.47. The lowest BCUT2D eigenvalue weighted by Gasteiger charge is -2.15. The molecule has 3 heterocycles. The largest absolute Gasteiger partial charge is 0.477 e. The molecule has 0 saturated carbocycles. The zero-order valence-electron chi connectivity index (χ0n) is 10.5. The fourth-order valence-corrected chi connectivity index (χ4v) is 4.18. The summed E-state index contributed by atoms with van der Waals surface area (Å²) in [5.74, 6) is -0.383. The quantitative estimate of drug-likeness (QED) is 0.914. The fourth-order valence-electron chi connectivity index (χ4n) is 2.95. The van der Waals surface area contributed by atoms with Crippen molar-refractivity contribution < 1.29 is 14.6 Å². The number of fused-ring (bicyclic) bond motifs is 2. The number of carbonyl (C=O) groups is 1. The molecule has 0 spiro atoms. The van der Waals surface area contributed by atoms with Gasteiger partial charge in [0.05, 0.1) is 22.9 Å². The number of ether oxygens (including phenoxy) is 1. The van der Waals surface area contributed by atoms with Gasteiger partial charge in [-0.05, 0) is 25.2 Å². The Labute approximate surface area is 110 Å². The summed E-state index contributed by atoms with van der Waals surface area (Å²) in [5, 5.41) is 10.2. The van der Waals surface area contributed by atoms with Crippen LogP contribution in [0.25, 0.3) is 0 Å². The summed E-state index contributed by atoms with van der Waals surface area (Å²) in [5.41, 5.74) is 0.727. The molecule has 3 atom stereocenters. The Morgan fingerprint density at radius 2 is 2.28 bits per heavy atom. The van der Waals surface area contributed by atoms with Gasteiger partial charge in [0.25, 0.3) is 0 Å². The van der Waals surface area contributed by atoms with Gasteiger partial charge < -0.3 is 9.84 Å². The van der Waals surface area contributed by atoms with Crippen LogP contribution in [0.1, 0.15) is 65.3 Å². The van der Waals surface area contributed by atoms with E-state index in [-0.39, 0.29) is 12.0 Å². The van der Waals surface area contributed by atoms with Gasteiger partial charge in [-0.25, -0.2) is 9.78 Å². The molecule has 0 aliphatic carbocycles. The van der Waals surface area contributed by atoms with E-state index in [4.69, 9.17) is 4.74 Å². The molecule has 3 rings (SSSR count). The van der Waals surface area contributed by atoms with Crippen molar-refractivity contribution in [1.29, 1.82) is 0 Å². The average Bonchev–Trinajstić information content (AvgIpc) is 3.02. The zero-order chi connectivity index (χ0) is 12.9. The molecule has 1 aromatic heterocycles. The Bertz CT molecular complexity index is 483. The topological polar surface area (TPSA) is 59.4 Å². The number of carboxylic acids is 1. The molecule has 2 aliphatic rings. The Balaban J connectivity index is 1.93. The number of aromatic nitrogens is 1. The van der Waals surface area contributed by atoms with E-state index < -0.39 is 5.97 Å². The minimum atomic E-state index is -0.855. The van der Waals surface area contributed by atoms with Crippen LogP contribution in [0.15, 0.2) is 0 Å². The molecule has 5 heteroatoms. The molecular weight excluding hydrogens is 250 g/mol. The maximum atomic E-state index is 11.3. The Morgan fingerprint density at radius 3 is 2.72 bits per heavy atom. The Hall–Kier alpha value is -0.940. The Kier molecular flexibility index (Phi) is 2.90. The summed E-state index contributed by atoms with van der Waals surface area (Å²) in [6.45, 7) is 3.98. The number of rotatable bonds is 3. The normalized spacial score (nSPS) is 30.3. The highest BCUT2D eigenvalue weighted by atomic mass is 32.1. The molecule has 0 aromatic carbocycles. The lowest BCUT2D eigenvalue weighted by Crippen LogP contribution is -2.14. The highest BCUT2D eigenvalue weighted by molar-refractivity contribution is 7.13. The first-order valence-corrected chi connectivity index (χ1v) is 7.27. The SMILES string of the molecule is CC(C)c1nc(C2CC3CCC2O3)sc1C(=O)O. The minimum absolute atomic E-state index is 0.153. The molecule has 1 N–H and O–H groups in total. The van der Waals surface area contributed by atoms with Crippen LogP contribution in [0.5, 0.6) is 0 Å². The maximum absolute atomic E-state index is 11.3. The van der Waals surface area contributed by atoms with Crippen LogP contribution in [-0.2, 0) is 4.74 Å². The van der Waals surface area contributed by atoms with Gasteiger partial charge in [0, 0.05) is 5.92 Å². The molecule has 18 heavy (non-hydrogen) atoms. The summed E-state index contributed by atoms with van der Waals surface area (Å²) >= 11 is 1.34. The van der Waals surface area contributed by atoms with Crippen molar-refractivity contribution in [3.63, 3.8) is 0 Å². The van der Waals surface area contributed by atoms with Gasteiger partial charge in [-0.1, -0.05) is 13.8 Å². The van der Waals surface area contributed by atoms with E-state index in [0.717, 1.165) is 30.0 Å². The molecule has 0 radical (unpaired) electrons. The van der Waals surface area contributed by atoms with Crippen LogP contribution < -0.4 is 0 Å². The predicted molar refractivity (Wildman–Crippen MR) is 68.4 cm³/mol. The molecule has 1 aromatic rings. The van der Waals surface area contributed by atoms with Crippen molar-refractivity contribution in [3.8, 4) is 0 Å². The van der Waals surface area contributed by atoms with Crippen LogP contribution in [0.2, 0.25) is 0 Å². The van der Waals surface area contributed by atoms with Gasteiger partial charge in [0.2, 0.25) is 0 Å². The third kappa shape index (κ3) is 1.86. The predicted octanol–water partition coefficient (Wildman–Crippen LogP) is 3.00. The van der Waals surface area contributed by atoms with Gasteiger partial charge in [-0.3, -0.25) is 0 Å². The van der Waals surface area contributed by atoms with Gasteiger partial charge in [-0.15, -0.1) is 11.3 Å². The van der Waals surface area contributed by atoms with Crippen LogP contribution >= 0.6 is 11.3 Å². The first kappa shape index (κ1) is 12.1. The lowest BCUT2D eigenvalue weighted by molar-refractivity contribution is 0.0700. The van der Waals surface area contributed by atoms with Crippen molar-refractivity contribution in [1.82, 2.24) is 4.98 Å². The summed E-state index contributed by atoms with van der Waals surface area (Å²) in [6.07, 6.45) is 3.89. The third-order valence-corrected chi connectivity index (χ3v) is 5.03. The van der Waals surface area contributed by atoms with E-state index >= 15 is 0 Å². The molecule has 98 valence electrons. The molecule has 2 fully saturated rings. The molecule has 0 amide bonds. The summed E-state index contributed by atoms with van der Waals surface area (Å²) in [7, 11) is 0. The van der Waals surface area contributed by atoms with E-state index in [1.165, 1.54) is 11.3 Å². The van der Waals surface area contributed by atoms with Crippen molar-refractivity contribution in [2.24, 2.45) is 0 Å². The average molecular weight is 267 g/mol. The molecule has 2 saturated heterocycles. The molecule has 2 bridgehead atoms. The van der Waals surface area contributed by atoms with Crippen LogP contribution in [0, 0.1) is 0 Å². The number of hydrogen-bond donors (Lipinski definition) is 1. The van der Waals surface area contributed by atoms with E-state index in [1.807, 2.05) is 13.8 Å². The fraction of sp³-hybridized carbons (Fsp3) is 0.692. The van der Waals surface area contributed by atoms with Gasteiger partial charge >= 0.3 is 5.97 Å². The number of thiazole rings is 1. The van der Waals surface area contributed by atoms with Crippen LogP contribution in [-0.4, -0.2) is 28.3 Å². The second-order valence-electron chi connectivity index (χ2n) is 5.44. The monoisotopic (exact) mass is 267 g/mol. The minimum Gasteiger partial charge on any atom is -0.477 e. The van der Waals surface area contributed by atoms with Crippen molar-refractivity contribution in [3.05, 3.63) is 15.6 Å². The summed E-state index contributed by atoms with van der Waals surface area (Å²) in [4.78, 5) is 16.2. The number of aromatic carboxylic acids is 1. The smallest absolute Gasteiger partial charge is 0.347 e. The van der Waals surface area contributed by atoms with E-state index in [1.54, 1.807) is 0 Å². The third-order valence-electron chi connectivity index (χ3n) is 3.83. The number of nitrogens with zero attached hydrogens (tertiary/aromatic N) is 1. The maximum Gasteiger partial charge on any atom is 0.347 e. The van der Waals surface area contributed by atoms with Crippen LogP contribution in [0.3, 0.4) is 0 Å².